The Kier molecular flexibility index (Phi) is 5.58. The smallest absolute Gasteiger partial charge is 0.237 e. The zero-order valence-corrected chi connectivity index (χ0v) is 16.2. The Bertz CT molecular complexity index is 926. The van der Waals surface area contributed by atoms with Crippen LogP contribution in [0.25, 0.3) is 5.69 Å². The number of nitrogens with one attached hydrogen (secondary N) is 1. The van der Waals surface area contributed by atoms with Crippen LogP contribution in [0.3, 0.4) is 0 Å². The van der Waals surface area contributed by atoms with Gasteiger partial charge in [0.05, 0.1) is 10.9 Å². The van der Waals surface area contributed by atoms with E-state index in [1.807, 2.05) is 39.0 Å². The molecule has 0 aliphatic rings. The number of rotatable bonds is 5. The van der Waals surface area contributed by atoms with Crippen LogP contribution in [0.2, 0.25) is 5.02 Å². The van der Waals surface area contributed by atoms with Gasteiger partial charge in [0.15, 0.2) is 0 Å². The SMILES string of the molecule is Cc1cccc(-n2nnnc2S[C@@H](C)C(=O)Nc2ccc(Cl)cc2)c1C. The van der Waals surface area contributed by atoms with Gasteiger partial charge in [-0.3, -0.25) is 4.79 Å². The largest absolute Gasteiger partial charge is 0.325 e. The molecule has 0 bridgehead atoms. The van der Waals surface area contributed by atoms with Gasteiger partial charge in [-0.15, -0.1) is 5.10 Å². The average molecular weight is 388 g/mol. The summed E-state index contributed by atoms with van der Waals surface area (Å²) in [5, 5.41) is 15.6. The summed E-state index contributed by atoms with van der Waals surface area (Å²) in [5.41, 5.74) is 3.85. The van der Waals surface area contributed by atoms with E-state index in [2.05, 4.69) is 20.8 Å². The minimum Gasteiger partial charge on any atom is -0.325 e. The molecule has 0 fully saturated rings. The number of hydrogen-bond acceptors (Lipinski definition) is 5. The number of amides is 1. The minimum absolute atomic E-state index is 0.132. The molecule has 8 heteroatoms. The Balaban J connectivity index is 1.75. The Hall–Kier alpha value is -2.38. The van der Waals surface area contributed by atoms with Crippen molar-refractivity contribution in [3.05, 3.63) is 58.6 Å². The lowest BCUT2D eigenvalue weighted by Gasteiger charge is -2.13. The molecular weight excluding hydrogens is 370 g/mol. The van der Waals surface area contributed by atoms with Gasteiger partial charge in [0.2, 0.25) is 11.1 Å². The molecule has 0 radical (unpaired) electrons. The highest BCUT2D eigenvalue weighted by atomic mass is 35.5. The average Bonchev–Trinajstić information content (AvgIpc) is 3.07. The van der Waals surface area contributed by atoms with Gasteiger partial charge in [0, 0.05) is 10.7 Å². The van der Waals surface area contributed by atoms with Crippen molar-refractivity contribution >= 4 is 35.0 Å². The van der Waals surface area contributed by atoms with Gasteiger partial charge in [-0.25, -0.2) is 0 Å². The zero-order valence-electron chi connectivity index (χ0n) is 14.6. The molecule has 6 nitrogen and oxygen atoms in total. The number of hydrogen-bond donors (Lipinski definition) is 1. The van der Waals surface area contributed by atoms with Crippen LogP contribution in [0.4, 0.5) is 5.69 Å². The Morgan fingerprint density at radius 1 is 1.19 bits per heavy atom. The summed E-state index contributed by atoms with van der Waals surface area (Å²) >= 11 is 7.17. The molecule has 1 atom stereocenters. The van der Waals surface area contributed by atoms with Crippen LogP contribution in [0.5, 0.6) is 0 Å². The molecule has 1 amide bonds. The highest BCUT2D eigenvalue weighted by molar-refractivity contribution is 8.00. The molecule has 3 aromatic rings. The summed E-state index contributed by atoms with van der Waals surface area (Å²) in [5.74, 6) is -0.132. The lowest BCUT2D eigenvalue weighted by Crippen LogP contribution is -2.23. The maximum Gasteiger partial charge on any atom is 0.237 e. The Labute approximate surface area is 160 Å². The van der Waals surface area contributed by atoms with Crippen molar-refractivity contribution in [2.75, 3.05) is 5.32 Å². The first-order valence-corrected chi connectivity index (χ1v) is 9.29. The van der Waals surface area contributed by atoms with Crippen molar-refractivity contribution < 1.29 is 4.79 Å². The van der Waals surface area contributed by atoms with Crippen LogP contribution >= 0.6 is 23.4 Å². The van der Waals surface area contributed by atoms with Crippen LogP contribution in [0.15, 0.2) is 47.6 Å². The quantitative estimate of drug-likeness (QED) is 0.668. The molecule has 1 heterocycles. The second-order valence-electron chi connectivity index (χ2n) is 5.85. The molecule has 134 valence electrons. The molecule has 0 aliphatic heterocycles. The van der Waals surface area contributed by atoms with Crippen LogP contribution in [0, 0.1) is 13.8 Å². The molecule has 0 unspecified atom stereocenters. The molecule has 0 saturated carbocycles. The van der Waals surface area contributed by atoms with Gasteiger partial charge >= 0.3 is 0 Å². The van der Waals surface area contributed by atoms with Gasteiger partial charge in [-0.05, 0) is 72.7 Å². The number of aryl methyl sites for hydroxylation is 1. The number of thioether (sulfide) groups is 1. The highest BCUT2D eigenvalue weighted by Gasteiger charge is 2.20. The van der Waals surface area contributed by atoms with E-state index in [4.69, 9.17) is 11.6 Å². The number of anilines is 1. The fourth-order valence-electron chi connectivity index (χ4n) is 2.36. The summed E-state index contributed by atoms with van der Waals surface area (Å²) in [4.78, 5) is 12.4. The first-order chi connectivity index (χ1) is 12.5. The molecule has 0 aliphatic carbocycles. The van der Waals surface area contributed by atoms with Crippen molar-refractivity contribution in [3.63, 3.8) is 0 Å². The zero-order chi connectivity index (χ0) is 18.7. The molecule has 0 spiro atoms. The van der Waals surface area contributed by atoms with E-state index in [0.29, 0.717) is 15.9 Å². The van der Waals surface area contributed by atoms with E-state index >= 15 is 0 Å². The summed E-state index contributed by atoms with van der Waals surface area (Å²) in [6.07, 6.45) is 0. The number of benzene rings is 2. The monoisotopic (exact) mass is 387 g/mol. The Morgan fingerprint density at radius 3 is 2.65 bits per heavy atom. The van der Waals surface area contributed by atoms with E-state index in [9.17, 15) is 4.79 Å². The summed E-state index contributed by atoms with van der Waals surface area (Å²) in [7, 11) is 0. The second kappa shape index (κ2) is 7.88. The predicted octanol–water partition coefficient (Wildman–Crippen LogP) is 4.05. The van der Waals surface area contributed by atoms with Crippen LogP contribution in [-0.2, 0) is 4.79 Å². The first kappa shape index (κ1) is 18.4. The van der Waals surface area contributed by atoms with Crippen molar-refractivity contribution in [1.82, 2.24) is 20.2 Å². The Morgan fingerprint density at radius 2 is 1.92 bits per heavy atom. The fourth-order valence-corrected chi connectivity index (χ4v) is 3.28. The standard InChI is InChI=1S/C18H18ClN5OS/c1-11-5-4-6-16(12(11)2)24-18(21-22-23-24)26-13(3)17(25)20-15-9-7-14(19)8-10-15/h4-10,13H,1-3H3,(H,20,25)/t13-/m0/s1. The van der Waals surface area contributed by atoms with Gasteiger partial charge < -0.3 is 5.32 Å². The third kappa shape index (κ3) is 4.05. The van der Waals surface area contributed by atoms with Crippen molar-refractivity contribution in [3.8, 4) is 5.69 Å². The third-order valence-electron chi connectivity index (χ3n) is 4.01. The number of aromatic nitrogens is 4. The minimum atomic E-state index is -0.374. The van der Waals surface area contributed by atoms with Crippen molar-refractivity contribution in [1.29, 1.82) is 0 Å². The lowest BCUT2D eigenvalue weighted by molar-refractivity contribution is -0.115. The highest BCUT2D eigenvalue weighted by Crippen LogP contribution is 2.26. The van der Waals surface area contributed by atoms with Crippen molar-refractivity contribution in [2.24, 2.45) is 0 Å². The number of carbonyl (C=O) groups excluding carboxylic acids is 1. The third-order valence-corrected chi connectivity index (χ3v) is 5.29. The van der Waals surface area contributed by atoms with E-state index in [0.717, 1.165) is 16.8 Å². The van der Waals surface area contributed by atoms with Crippen LogP contribution < -0.4 is 5.32 Å². The topological polar surface area (TPSA) is 72.7 Å². The molecule has 0 saturated heterocycles. The van der Waals surface area contributed by atoms with E-state index < -0.39 is 0 Å². The van der Waals surface area contributed by atoms with Gasteiger partial charge in [0.1, 0.15) is 0 Å². The molecule has 3 rings (SSSR count). The van der Waals surface area contributed by atoms with E-state index in [1.165, 1.54) is 11.8 Å². The molecule has 26 heavy (non-hydrogen) atoms. The predicted molar refractivity (Wildman–Crippen MR) is 104 cm³/mol. The van der Waals surface area contributed by atoms with Gasteiger partial charge in [0.25, 0.3) is 0 Å². The number of halogens is 1. The normalized spacial score (nSPS) is 12.0. The number of nitrogens with zero attached hydrogens (tertiary/aromatic N) is 4. The van der Waals surface area contributed by atoms with Crippen LogP contribution in [-0.4, -0.2) is 31.4 Å². The lowest BCUT2D eigenvalue weighted by atomic mass is 10.1. The molecular formula is C18H18ClN5OS. The number of carbonyl (C=O) groups is 1. The second-order valence-corrected chi connectivity index (χ2v) is 7.59. The summed E-state index contributed by atoms with van der Waals surface area (Å²) in [6, 6.07) is 12.9. The maximum atomic E-state index is 12.4. The van der Waals surface area contributed by atoms with Crippen LogP contribution in [0.1, 0.15) is 18.1 Å². The molecule has 1 aromatic heterocycles. The molecule has 2 aromatic carbocycles. The van der Waals surface area contributed by atoms with Gasteiger partial charge in [-0.2, -0.15) is 4.68 Å². The molecule has 1 N–H and O–H groups in total. The summed E-state index contributed by atoms with van der Waals surface area (Å²) in [6.45, 7) is 5.88. The summed E-state index contributed by atoms with van der Waals surface area (Å²) < 4.78 is 1.67. The van der Waals surface area contributed by atoms with E-state index in [-0.39, 0.29) is 11.2 Å². The van der Waals surface area contributed by atoms with Gasteiger partial charge in [-0.1, -0.05) is 35.5 Å². The first-order valence-electron chi connectivity index (χ1n) is 8.04. The van der Waals surface area contributed by atoms with Crippen molar-refractivity contribution in [2.45, 2.75) is 31.2 Å². The fraction of sp³-hybridized carbons (Fsp3) is 0.222. The number of tetrazole rings is 1. The van der Waals surface area contributed by atoms with E-state index in [1.54, 1.807) is 28.9 Å². The maximum absolute atomic E-state index is 12.4.